The maximum absolute atomic E-state index is 11.2. The van der Waals surface area contributed by atoms with Crippen LogP contribution in [-0.4, -0.2) is 19.1 Å². The monoisotopic (exact) mass is 288 g/mol. The Kier molecular flexibility index (Phi) is 4.73. The Labute approximate surface area is 122 Å². The van der Waals surface area contributed by atoms with Gasteiger partial charge in [-0.15, -0.1) is 0 Å². The number of nitrogens with one attached hydrogen (secondary N) is 1. The number of methoxy groups -OCH3 is 1. The first-order valence-electron chi connectivity index (χ1n) is 6.38. The van der Waals surface area contributed by atoms with Gasteiger partial charge in [0.1, 0.15) is 5.75 Å². The first kappa shape index (κ1) is 14.8. The Morgan fingerprint density at radius 2 is 1.81 bits per heavy atom. The normalized spacial score (nSPS) is 10.2. The number of benzene rings is 2. The summed E-state index contributed by atoms with van der Waals surface area (Å²) in [4.78, 5) is 10.7. The Bertz CT molecular complexity index is 626. The quantitative estimate of drug-likeness (QED) is 0.653. The smallest absolute Gasteiger partial charge is 0.352 e. The minimum Gasteiger partial charge on any atom is -0.490 e. The number of hydrogen-bond acceptors (Lipinski definition) is 5. The number of hydrogen-bond donors (Lipinski definition) is 1. The first-order chi connectivity index (χ1) is 10.2. The molecule has 0 atom stereocenters. The Morgan fingerprint density at radius 1 is 1.14 bits per heavy atom. The molecule has 0 saturated carbocycles. The second-order valence-electron chi connectivity index (χ2n) is 4.34. The van der Waals surface area contributed by atoms with Gasteiger partial charge in [-0.1, -0.05) is 18.2 Å². The van der Waals surface area contributed by atoms with Crippen LogP contribution in [0.3, 0.4) is 0 Å². The third kappa shape index (κ3) is 3.49. The molecule has 21 heavy (non-hydrogen) atoms. The lowest BCUT2D eigenvalue weighted by molar-refractivity contribution is -0.386. The maximum atomic E-state index is 11.2. The van der Waals surface area contributed by atoms with Crippen molar-refractivity contribution in [3.8, 4) is 17.2 Å². The molecule has 0 radical (unpaired) electrons. The molecule has 0 unspecified atom stereocenters. The van der Waals surface area contributed by atoms with Gasteiger partial charge in [-0.25, -0.2) is 0 Å². The van der Waals surface area contributed by atoms with E-state index in [1.807, 2.05) is 19.2 Å². The van der Waals surface area contributed by atoms with Gasteiger partial charge in [-0.3, -0.25) is 10.1 Å². The van der Waals surface area contributed by atoms with E-state index < -0.39 is 4.92 Å². The number of ether oxygens (including phenoxy) is 2. The highest BCUT2D eigenvalue weighted by Gasteiger charge is 2.22. The van der Waals surface area contributed by atoms with E-state index >= 15 is 0 Å². The van der Waals surface area contributed by atoms with Crippen molar-refractivity contribution in [1.29, 1.82) is 0 Å². The summed E-state index contributed by atoms with van der Waals surface area (Å²) >= 11 is 0. The fourth-order valence-electron chi connectivity index (χ4n) is 1.94. The average Bonchev–Trinajstić information content (AvgIpc) is 2.49. The maximum Gasteiger partial charge on any atom is 0.352 e. The minimum absolute atomic E-state index is 0.153. The molecule has 6 heteroatoms. The molecule has 2 aromatic carbocycles. The SMILES string of the molecule is CNCc1ccc(Oc2cccc(OC)c2[N+](=O)[O-])cc1. The van der Waals surface area contributed by atoms with Crippen LogP contribution in [0.2, 0.25) is 0 Å². The molecule has 0 aliphatic carbocycles. The van der Waals surface area contributed by atoms with Crippen LogP contribution in [0.25, 0.3) is 0 Å². The van der Waals surface area contributed by atoms with E-state index in [1.54, 1.807) is 24.3 Å². The van der Waals surface area contributed by atoms with Crippen LogP contribution < -0.4 is 14.8 Å². The van der Waals surface area contributed by atoms with Gasteiger partial charge in [0.2, 0.25) is 11.5 Å². The first-order valence-corrected chi connectivity index (χ1v) is 6.38. The summed E-state index contributed by atoms with van der Waals surface area (Å²) in [7, 11) is 3.25. The molecule has 0 bridgehead atoms. The largest absolute Gasteiger partial charge is 0.490 e. The molecule has 0 spiro atoms. The zero-order chi connectivity index (χ0) is 15.2. The van der Waals surface area contributed by atoms with Crippen molar-refractivity contribution in [2.75, 3.05) is 14.2 Å². The van der Waals surface area contributed by atoms with E-state index in [1.165, 1.54) is 13.2 Å². The molecule has 6 nitrogen and oxygen atoms in total. The summed E-state index contributed by atoms with van der Waals surface area (Å²) in [5.41, 5.74) is 0.921. The van der Waals surface area contributed by atoms with E-state index in [0.717, 1.165) is 12.1 Å². The number of para-hydroxylation sites is 1. The van der Waals surface area contributed by atoms with E-state index in [4.69, 9.17) is 9.47 Å². The standard InChI is InChI=1S/C15H16N2O4/c1-16-10-11-6-8-12(9-7-11)21-14-5-3-4-13(20-2)15(14)17(18)19/h3-9,16H,10H2,1-2H3. The molecular formula is C15H16N2O4. The van der Waals surface area contributed by atoms with Crippen LogP contribution in [0.5, 0.6) is 17.2 Å². The topological polar surface area (TPSA) is 73.6 Å². The summed E-state index contributed by atoms with van der Waals surface area (Å²) in [5.74, 6) is 0.858. The van der Waals surface area contributed by atoms with Crippen LogP contribution in [0, 0.1) is 10.1 Å². The van der Waals surface area contributed by atoms with Gasteiger partial charge in [0.15, 0.2) is 0 Å². The van der Waals surface area contributed by atoms with Crippen LogP contribution in [-0.2, 0) is 6.54 Å². The predicted molar refractivity (Wildman–Crippen MR) is 78.9 cm³/mol. The molecule has 0 aliphatic rings. The molecule has 0 heterocycles. The molecule has 0 amide bonds. The van der Waals surface area contributed by atoms with Crippen LogP contribution in [0.4, 0.5) is 5.69 Å². The second-order valence-corrected chi connectivity index (χ2v) is 4.34. The van der Waals surface area contributed by atoms with Crippen molar-refractivity contribution in [1.82, 2.24) is 5.32 Å². The summed E-state index contributed by atoms with van der Waals surface area (Å²) in [6, 6.07) is 12.1. The minimum atomic E-state index is -0.510. The average molecular weight is 288 g/mol. The van der Waals surface area contributed by atoms with Crippen molar-refractivity contribution in [2.24, 2.45) is 0 Å². The van der Waals surface area contributed by atoms with Gasteiger partial charge < -0.3 is 14.8 Å². The van der Waals surface area contributed by atoms with Gasteiger partial charge in [0, 0.05) is 6.54 Å². The molecule has 2 aromatic rings. The third-order valence-electron chi connectivity index (χ3n) is 2.90. The predicted octanol–water partition coefficient (Wildman–Crippen LogP) is 3.12. The van der Waals surface area contributed by atoms with E-state index in [-0.39, 0.29) is 17.2 Å². The lowest BCUT2D eigenvalue weighted by Gasteiger charge is -2.09. The highest BCUT2D eigenvalue weighted by Crippen LogP contribution is 2.38. The highest BCUT2D eigenvalue weighted by atomic mass is 16.6. The van der Waals surface area contributed by atoms with E-state index in [9.17, 15) is 10.1 Å². The summed E-state index contributed by atoms with van der Waals surface area (Å²) in [6.07, 6.45) is 0. The van der Waals surface area contributed by atoms with Crippen molar-refractivity contribution in [3.05, 3.63) is 58.1 Å². The summed E-state index contributed by atoms with van der Waals surface area (Å²) in [6.45, 7) is 0.750. The molecule has 110 valence electrons. The van der Waals surface area contributed by atoms with Crippen LogP contribution >= 0.6 is 0 Å². The van der Waals surface area contributed by atoms with Crippen molar-refractivity contribution in [2.45, 2.75) is 6.54 Å². The Balaban J connectivity index is 2.28. The number of nitro benzene ring substituents is 1. The summed E-state index contributed by atoms with van der Waals surface area (Å²) in [5, 5.41) is 14.2. The Hall–Kier alpha value is -2.60. The van der Waals surface area contributed by atoms with E-state index in [0.29, 0.717) is 5.75 Å². The number of nitro groups is 1. The van der Waals surface area contributed by atoms with Crippen LogP contribution in [0.15, 0.2) is 42.5 Å². The lowest BCUT2D eigenvalue weighted by atomic mass is 10.2. The molecule has 2 rings (SSSR count). The van der Waals surface area contributed by atoms with E-state index in [2.05, 4.69) is 5.32 Å². The Morgan fingerprint density at radius 3 is 2.38 bits per heavy atom. The number of rotatable bonds is 6. The van der Waals surface area contributed by atoms with Gasteiger partial charge in [0.05, 0.1) is 12.0 Å². The fourth-order valence-corrected chi connectivity index (χ4v) is 1.94. The van der Waals surface area contributed by atoms with Crippen molar-refractivity contribution < 1.29 is 14.4 Å². The number of nitrogens with zero attached hydrogens (tertiary/aromatic N) is 1. The molecule has 1 N–H and O–H groups in total. The van der Waals surface area contributed by atoms with Gasteiger partial charge in [-0.2, -0.15) is 0 Å². The van der Waals surface area contributed by atoms with Gasteiger partial charge in [-0.05, 0) is 36.9 Å². The zero-order valence-electron chi connectivity index (χ0n) is 11.8. The second kappa shape index (κ2) is 6.71. The zero-order valence-corrected chi connectivity index (χ0v) is 11.8. The molecule has 0 saturated heterocycles. The van der Waals surface area contributed by atoms with Gasteiger partial charge in [0.25, 0.3) is 0 Å². The highest BCUT2D eigenvalue weighted by molar-refractivity contribution is 5.58. The van der Waals surface area contributed by atoms with Crippen molar-refractivity contribution in [3.63, 3.8) is 0 Å². The summed E-state index contributed by atoms with van der Waals surface area (Å²) < 4.78 is 10.6. The molecule has 0 fully saturated rings. The molecule has 0 aliphatic heterocycles. The van der Waals surface area contributed by atoms with Crippen LogP contribution in [0.1, 0.15) is 5.56 Å². The fraction of sp³-hybridized carbons (Fsp3) is 0.200. The van der Waals surface area contributed by atoms with Gasteiger partial charge >= 0.3 is 5.69 Å². The lowest BCUT2D eigenvalue weighted by Crippen LogP contribution is -2.04. The molecular weight excluding hydrogens is 272 g/mol. The third-order valence-corrected chi connectivity index (χ3v) is 2.90. The van der Waals surface area contributed by atoms with Crippen molar-refractivity contribution >= 4 is 5.69 Å². The molecule has 0 aromatic heterocycles.